The van der Waals surface area contributed by atoms with Crippen molar-refractivity contribution in [3.63, 3.8) is 0 Å². The maximum absolute atomic E-state index is 14.9. The number of aromatic nitrogens is 1. The number of oxazole rings is 1. The van der Waals surface area contributed by atoms with Crippen molar-refractivity contribution in [3.8, 4) is 17.2 Å². The Bertz CT molecular complexity index is 1180. The van der Waals surface area contributed by atoms with E-state index in [1.54, 1.807) is 12.1 Å². The minimum absolute atomic E-state index is 0.166. The van der Waals surface area contributed by atoms with Crippen LogP contribution < -0.4 is 24.4 Å². The predicted molar refractivity (Wildman–Crippen MR) is 142 cm³/mol. The average molecular weight is 530 g/mol. The Hall–Kier alpha value is -3.53. The molecule has 1 N–H and O–H groups in total. The van der Waals surface area contributed by atoms with Crippen LogP contribution in [0.15, 0.2) is 34.7 Å². The number of nitrogens with one attached hydrogen (secondary N) is 1. The van der Waals surface area contributed by atoms with Gasteiger partial charge in [0.1, 0.15) is 5.52 Å². The second kappa shape index (κ2) is 13.3. The van der Waals surface area contributed by atoms with E-state index >= 15 is 0 Å². The molecule has 2 heterocycles. The van der Waals surface area contributed by atoms with Crippen molar-refractivity contribution < 1.29 is 32.5 Å². The molecule has 0 bridgehead atoms. The van der Waals surface area contributed by atoms with E-state index in [4.69, 9.17) is 23.6 Å². The molecule has 1 fully saturated rings. The fourth-order valence-electron chi connectivity index (χ4n) is 4.56. The summed E-state index contributed by atoms with van der Waals surface area (Å²) in [5, 5.41) is 3.40. The predicted octanol–water partition coefficient (Wildman–Crippen LogP) is 4.85. The van der Waals surface area contributed by atoms with Gasteiger partial charge in [-0.15, -0.1) is 0 Å². The summed E-state index contributed by atoms with van der Waals surface area (Å²) >= 11 is 0. The first-order valence-corrected chi connectivity index (χ1v) is 13.2. The van der Waals surface area contributed by atoms with Gasteiger partial charge in [-0.1, -0.05) is 6.07 Å². The molecule has 2 aromatic carbocycles. The van der Waals surface area contributed by atoms with E-state index in [1.807, 2.05) is 32.0 Å². The Balaban J connectivity index is 1.63. The number of piperidine rings is 1. The summed E-state index contributed by atoms with van der Waals surface area (Å²) in [5.41, 5.74) is 2.05. The maximum atomic E-state index is 14.9. The smallest absolute Gasteiger partial charge is 0.305 e. The Labute approximate surface area is 222 Å². The van der Waals surface area contributed by atoms with Gasteiger partial charge in [-0.3, -0.25) is 4.79 Å². The van der Waals surface area contributed by atoms with E-state index in [1.165, 1.54) is 7.11 Å². The minimum Gasteiger partial charge on any atom is -0.491 e. The van der Waals surface area contributed by atoms with E-state index in [0.717, 1.165) is 31.5 Å². The Morgan fingerprint density at radius 3 is 2.47 bits per heavy atom. The molecular weight excluding hydrogens is 493 g/mol. The first-order chi connectivity index (χ1) is 18.5. The van der Waals surface area contributed by atoms with E-state index in [2.05, 4.69) is 15.0 Å². The molecule has 1 saturated heterocycles. The van der Waals surface area contributed by atoms with Crippen molar-refractivity contribution in [3.05, 3.63) is 41.7 Å². The van der Waals surface area contributed by atoms with Crippen LogP contribution in [0.5, 0.6) is 17.2 Å². The zero-order valence-electron chi connectivity index (χ0n) is 22.3. The van der Waals surface area contributed by atoms with E-state index in [0.29, 0.717) is 55.7 Å². The summed E-state index contributed by atoms with van der Waals surface area (Å²) in [4.78, 5) is 18.3. The number of carbonyl (C=O) groups excluding carboxylic acids is 1. The molecule has 9 nitrogen and oxygen atoms in total. The molecule has 0 amide bonds. The van der Waals surface area contributed by atoms with Gasteiger partial charge in [0.05, 0.1) is 26.9 Å². The molecular formula is C28H36FN3O6. The van der Waals surface area contributed by atoms with Crippen molar-refractivity contribution in [1.29, 1.82) is 0 Å². The van der Waals surface area contributed by atoms with Crippen LogP contribution in [-0.4, -0.2) is 57.0 Å². The second-order valence-corrected chi connectivity index (χ2v) is 9.01. The third-order valence-corrected chi connectivity index (χ3v) is 6.39. The van der Waals surface area contributed by atoms with Crippen LogP contribution in [0.25, 0.3) is 11.1 Å². The third-order valence-electron chi connectivity index (χ3n) is 6.39. The number of hydrogen-bond donors (Lipinski definition) is 1. The van der Waals surface area contributed by atoms with Gasteiger partial charge in [-0.05, 0) is 76.0 Å². The highest BCUT2D eigenvalue weighted by molar-refractivity contribution is 5.81. The molecule has 0 radical (unpaired) electrons. The standard InChI is InChI=1S/C28H36FN3O6/c1-4-35-23-16-19(17-24(26(23)29)36-5-2)18-32(20-11-13-30-14-12-20)28-31-21-8-6-9-22(27(21)38-28)37-15-7-10-25(33)34-3/h6,8-9,16-17,20,30H,4-5,7,10-15,18H2,1-3H3. The molecule has 0 saturated carbocycles. The largest absolute Gasteiger partial charge is 0.491 e. The molecule has 0 aliphatic carbocycles. The normalized spacial score (nSPS) is 13.9. The lowest BCUT2D eigenvalue weighted by Crippen LogP contribution is -2.43. The van der Waals surface area contributed by atoms with Crippen LogP contribution in [0.1, 0.15) is 45.1 Å². The van der Waals surface area contributed by atoms with Gasteiger partial charge in [-0.2, -0.15) is 9.37 Å². The molecule has 4 rings (SSSR count). The Morgan fingerprint density at radius 1 is 1.11 bits per heavy atom. The van der Waals surface area contributed by atoms with Crippen molar-refractivity contribution in [2.24, 2.45) is 0 Å². The van der Waals surface area contributed by atoms with Crippen molar-refractivity contribution >= 4 is 23.1 Å². The van der Waals surface area contributed by atoms with Gasteiger partial charge in [0.25, 0.3) is 6.01 Å². The summed E-state index contributed by atoms with van der Waals surface area (Å²) < 4.78 is 42.9. The number of benzene rings is 2. The Morgan fingerprint density at radius 2 is 1.82 bits per heavy atom. The Kier molecular flexibility index (Phi) is 9.64. The van der Waals surface area contributed by atoms with E-state index < -0.39 is 5.82 Å². The molecule has 206 valence electrons. The average Bonchev–Trinajstić information content (AvgIpc) is 3.37. The molecule has 1 aliphatic heterocycles. The number of hydrogen-bond acceptors (Lipinski definition) is 9. The molecule has 0 atom stereocenters. The zero-order valence-corrected chi connectivity index (χ0v) is 22.3. The molecule has 0 spiro atoms. The van der Waals surface area contributed by atoms with Crippen LogP contribution in [-0.2, 0) is 16.1 Å². The second-order valence-electron chi connectivity index (χ2n) is 9.01. The van der Waals surface area contributed by atoms with E-state index in [9.17, 15) is 9.18 Å². The molecule has 10 heteroatoms. The number of para-hydroxylation sites is 1. The number of anilines is 1. The quantitative estimate of drug-likeness (QED) is 0.246. The third kappa shape index (κ3) is 6.66. The minimum atomic E-state index is -0.498. The summed E-state index contributed by atoms with van der Waals surface area (Å²) in [6.45, 7) is 6.88. The van der Waals surface area contributed by atoms with Crippen LogP contribution in [0.3, 0.4) is 0 Å². The van der Waals surface area contributed by atoms with Gasteiger partial charge in [0, 0.05) is 19.0 Å². The van der Waals surface area contributed by atoms with Gasteiger partial charge < -0.3 is 33.6 Å². The highest BCUT2D eigenvalue weighted by Gasteiger charge is 2.27. The van der Waals surface area contributed by atoms with Crippen molar-refractivity contribution in [2.75, 3.05) is 44.9 Å². The number of fused-ring (bicyclic) bond motifs is 1. The highest BCUT2D eigenvalue weighted by atomic mass is 19.1. The number of ether oxygens (including phenoxy) is 4. The highest BCUT2D eigenvalue weighted by Crippen LogP contribution is 2.35. The number of halogens is 1. The lowest BCUT2D eigenvalue weighted by atomic mass is 10.0. The van der Waals surface area contributed by atoms with Gasteiger partial charge in [0.2, 0.25) is 5.82 Å². The molecule has 38 heavy (non-hydrogen) atoms. The molecule has 3 aromatic rings. The molecule has 0 unspecified atom stereocenters. The SMILES string of the molecule is CCOc1cc(CN(c2nc3cccc(OCCCC(=O)OC)c3o2)C2CCNCC2)cc(OCC)c1F. The maximum Gasteiger partial charge on any atom is 0.305 e. The van der Waals surface area contributed by atoms with Crippen LogP contribution in [0.4, 0.5) is 10.4 Å². The summed E-state index contributed by atoms with van der Waals surface area (Å²) in [6, 6.07) is 9.64. The summed E-state index contributed by atoms with van der Waals surface area (Å²) in [6.07, 6.45) is 2.63. The molecule has 1 aliphatic rings. The summed E-state index contributed by atoms with van der Waals surface area (Å²) in [7, 11) is 1.37. The fourth-order valence-corrected chi connectivity index (χ4v) is 4.56. The molecule has 1 aromatic heterocycles. The number of carbonyl (C=O) groups is 1. The first-order valence-electron chi connectivity index (χ1n) is 13.2. The van der Waals surface area contributed by atoms with Crippen LogP contribution >= 0.6 is 0 Å². The fraction of sp³-hybridized carbons (Fsp3) is 0.500. The van der Waals surface area contributed by atoms with Crippen molar-refractivity contribution in [2.45, 2.75) is 52.1 Å². The van der Waals surface area contributed by atoms with Gasteiger partial charge in [-0.25, -0.2) is 0 Å². The number of methoxy groups -OCH3 is 1. The summed E-state index contributed by atoms with van der Waals surface area (Å²) in [5.74, 6) is 0.127. The van der Waals surface area contributed by atoms with Crippen LogP contribution in [0.2, 0.25) is 0 Å². The van der Waals surface area contributed by atoms with Crippen molar-refractivity contribution in [1.82, 2.24) is 10.3 Å². The van der Waals surface area contributed by atoms with Crippen LogP contribution in [0, 0.1) is 5.82 Å². The van der Waals surface area contributed by atoms with E-state index in [-0.39, 0.29) is 29.9 Å². The van der Waals surface area contributed by atoms with Gasteiger partial charge in [0.15, 0.2) is 22.8 Å². The first kappa shape index (κ1) is 27.5. The lowest BCUT2D eigenvalue weighted by Gasteiger charge is -2.33. The zero-order chi connectivity index (χ0) is 26.9. The number of esters is 1. The number of rotatable bonds is 13. The van der Waals surface area contributed by atoms with Gasteiger partial charge >= 0.3 is 5.97 Å². The topological polar surface area (TPSA) is 95.3 Å². The monoisotopic (exact) mass is 529 g/mol. The lowest BCUT2D eigenvalue weighted by molar-refractivity contribution is -0.140. The number of nitrogens with zero attached hydrogens (tertiary/aromatic N) is 2.